The van der Waals surface area contributed by atoms with Crippen molar-refractivity contribution in [2.24, 2.45) is 10.6 Å². The van der Waals surface area contributed by atoms with E-state index < -0.39 is 58.6 Å². The second-order valence-corrected chi connectivity index (χ2v) is 14.9. The highest BCUT2D eigenvalue weighted by atomic mass is 32.2. The van der Waals surface area contributed by atoms with Crippen molar-refractivity contribution in [1.82, 2.24) is 15.2 Å². The van der Waals surface area contributed by atoms with E-state index in [1.54, 1.807) is 11.5 Å². The summed E-state index contributed by atoms with van der Waals surface area (Å²) in [4.78, 5) is 88.2. The highest BCUT2D eigenvalue weighted by Crippen LogP contribution is 2.44. The first kappa shape index (κ1) is 41.1. The molecule has 0 spiro atoms. The highest BCUT2D eigenvalue weighted by Gasteiger charge is 2.57. The quantitative estimate of drug-likeness (QED) is 0.0458. The predicted molar refractivity (Wildman–Crippen MR) is 212 cm³/mol. The van der Waals surface area contributed by atoms with Gasteiger partial charge in [-0.1, -0.05) is 71.9 Å². The lowest BCUT2D eigenvalue weighted by molar-refractivity contribution is -0.162. The number of nitrogens with two attached hydrogens (primary N) is 1. The van der Waals surface area contributed by atoms with Crippen molar-refractivity contribution < 1.29 is 52.6 Å². The molecule has 3 N–H and O–H groups in total. The summed E-state index contributed by atoms with van der Waals surface area (Å²) >= 11 is 2.38. The van der Waals surface area contributed by atoms with Gasteiger partial charge in [0.25, 0.3) is 5.91 Å². The minimum absolute atomic E-state index is 0.00415. The van der Waals surface area contributed by atoms with E-state index in [1.807, 2.05) is 60.7 Å². The van der Waals surface area contributed by atoms with Crippen LogP contribution in [0.15, 0.2) is 102 Å². The first-order valence-electron chi connectivity index (χ1n) is 17.6. The lowest BCUT2D eigenvalue weighted by atomic mass is 9.86. The molecule has 3 atom stereocenters. The Hall–Kier alpha value is -6.53. The average molecular weight is 828 g/mol. The van der Waals surface area contributed by atoms with Crippen LogP contribution in [0.3, 0.4) is 0 Å². The number of nitrogens with one attached hydrogen (secondary N) is 1. The second-order valence-electron chi connectivity index (χ2n) is 12.9. The van der Waals surface area contributed by atoms with E-state index in [0.29, 0.717) is 0 Å². The molecule has 0 radical (unpaired) electrons. The van der Waals surface area contributed by atoms with Gasteiger partial charge < -0.3 is 39.7 Å². The molecule has 2 amide bonds. The van der Waals surface area contributed by atoms with Crippen LogP contribution in [0.25, 0.3) is 0 Å². The van der Waals surface area contributed by atoms with Crippen LogP contribution in [-0.2, 0) is 38.3 Å². The van der Waals surface area contributed by atoms with Crippen molar-refractivity contribution in [2.45, 2.75) is 31.4 Å². The number of thioether (sulfide) groups is 1. The molecule has 1 aromatic heterocycles. The molecule has 3 heterocycles. The van der Waals surface area contributed by atoms with Gasteiger partial charge in [-0.3, -0.25) is 24.0 Å². The number of nitrogen functional groups attached to an aromatic ring is 1. The summed E-state index contributed by atoms with van der Waals surface area (Å²) in [6, 6.07) is 21.3. The SMILES string of the molecule is CON=C(C(=O)NC1C(=O)N2CC(C=CCOC(=O)c3ccc(OC(C)=O)c(OC(C)=O)c3)(C(=O)OC(c3ccccc3)c3ccccc3)CS[C@H]12)c1csc(N)n1. The van der Waals surface area contributed by atoms with Crippen LogP contribution in [0.5, 0.6) is 11.5 Å². The fourth-order valence-corrected chi connectivity index (χ4v) is 8.24. The van der Waals surface area contributed by atoms with Crippen molar-refractivity contribution in [3.63, 3.8) is 0 Å². The third-order valence-electron chi connectivity index (χ3n) is 8.82. The predicted octanol–water partition coefficient (Wildman–Crippen LogP) is 4.06. The molecule has 2 unspecified atom stereocenters. The van der Waals surface area contributed by atoms with E-state index in [-0.39, 0.29) is 52.5 Å². The molecule has 2 saturated heterocycles. The largest absolute Gasteiger partial charge is 0.458 e. The van der Waals surface area contributed by atoms with Gasteiger partial charge >= 0.3 is 23.9 Å². The molecule has 4 aromatic rings. The number of thiazole rings is 1. The van der Waals surface area contributed by atoms with Gasteiger partial charge in [-0.15, -0.1) is 23.1 Å². The van der Waals surface area contributed by atoms with Crippen LogP contribution < -0.4 is 20.5 Å². The molecule has 0 aliphatic carbocycles. The number of nitrogens with zero attached hydrogens (tertiary/aromatic N) is 3. The first-order chi connectivity index (χ1) is 27.9. The Morgan fingerprint density at radius 1 is 0.983 bits per heavy atom. The molecule has 18 heteroatoms. The second kappa shape index (κ2) is 18.2. The zero-order valence-electron chi connectivity index (χ0n) is 31.3. The number of fused-ring (bicyclic) bond motifs is 1. The number of carbonyl (C=O) groups is 6. The number of rotatable bonds is 14. The minimum Gasteiger partial charge on any atom is -0.458 e. The van der Waals surface area contributed by atoms with Crippen LogP contribution >= 0.6 is 23.1 Å². The van der Waals surface area contributed by atoms with Gasteiger partial charge in [-0.05, 0) is 35.4 Å². The van der Waals surface area contributed by atoms with Gasteiger partial charge in [-0.25, -0.2) is 9.78 Å². The number of carbonyl (C=O) groups excluding carboxylic acids is 6. The van der Waals surface area contributed by atoms with Gasteiger partial charge in [0.15, 0.2) is 28.4 Å². The average Bonchev–Trinajstić information content (AvgIpc) is 3.65. The fourth-order valence-electron chi connectivity index (χ4n) is 6.19. The van der Waals surface area contributed by atoms with Gasteiger partial charge in [0.05, 0.1) is 5.56 Å². The van der Waals surface area contributed by atoms with Crippen molar-refractivity contribution in [1.29, 1.82) is 0 Å². The summed E-state index contributed by atoms with van der Waals surface area (Å²) in [7, 11) is 1.27. The molecule has 300 valence electrons. The molecule has 2 aliphatic rings. The topological polar surface area (TPSA) is 215 Å². The van der Waals surface area contributed by atoms with Crippen LogP contribution in [-0.4, -0.2) is 88.7 Å². The van der Waals surface area contributed by atoms with E-state index in [4.69, 9.17) is 29.5 Å². The van der Waals surface area contributed by atoms with Gasteiger partial charge in [0.1, 0.15) is 36.2 Å². The summed E-state index contributed by atoms with van der Waals surface area (Å²) in [5.41, 5.74) is 5.80. The smallest absolute Gasteiger partial charge is 0.338 e. The zero-order chi connectivity index (χ0) is 41.4. The molecule has 0 saturated carbocycles. The Morgan fingerprint density at radius 2 is 1.64 bits per heavy atom. The Kier molecular flexibility index (Phi) is 12.9. The van der Waals surface area contributed by atoms with E-state index in [1.165, 1.54) is 55.0 Å². The molecule has 16 nitrogen and oxygen atoms in total. The zero-order valence-corrected chi connectivity index (χ0v) is 33.0. The number of anilines is 1. The Labute approximate surface area is 340 Å². The summed E-state index contributed by atoms with van der Waals surface area (Å²) in [5.74, 6) is -4.03. The maximum absolute atomic E-state index is 14.5. The minimum atomic E-state index is -1.42. The van der Waals surface area contributed by atoms with Crippen LogP contribution in [0, 0.1) is 5.41 Å². The van der Waals surface area contributed by atoms with Crippen LogP contribution in [0.4, 0.5) is 5.13 Å². The van der Waals surface area contributed by atoms with E-state index in [9.17, 15) is 28.8 Å². The van der Waals surface area contributed by atoms with Crippen LogP contribution in [0.1, 0.15) is 47.1 Å². The van der Waals surface area contributed by atoms with Gasteiger partial charge in [0.2, 0.25) is 5.91 Å². The standard InChI is InChI=1S/C40H37N5O11S2/c1-23(46)54-29-16-15-27(19-30(29)55-24(2)47)37(50)53-18-10-17-40(38(51)56-33(25-11-6-4-7-12-25)26-13-8-5-9-14-26)21-45-35(49)32(36(45)58-22-40)43-34(48)31(44-52-3)28-20-57-39(41)42-28/h4-17,19-20,32-33,36H,18,21-22H2,1-3H3,(H2,41,42)(H,43,48)/t32?,36-,40?/m1/s1. The molecule has 58 heavy (non-hydrogen) atoms. The number of β-lactam (4-membered cyclic amide) rings is 1. The highest BCUT2D eigenvalue weighted by molar-refractivity contribution is 8.00. The lowest BCUT2D eigenvalue weighted by Crippen LogP contribution is -2.74. The third-order valence-corrected chi connectivity index (χ3v) is 11.0. The van der Waals surface area contributed by atoms with E-state index >= 15 is 0 Å². The summed E-state index contributed by atoms with van der Waals surface area (Å²) in [6.45, 7) is 1.92. The van der Waals surface area contributed by atoms with Crippen molar-refractivity contribution in [2.75, 3.05) is 31.7 Å². The monoisotopic (exact) mass is 827 g/mol. The maximum atomic E-state index is 14.5. The fraction of sp³-hybridized carbons (Fsp3) is 0.250. The Balaban J connectivity index is 1.22. The Bertz CT molecular complexity index is 2230. The summed E-state index contributed by atoms with van der Waals surface area (Å²) in [5, 5.41) is 7.74. The number of esters is 4. The number of amides is 2. The molecule has 0 bridgehead atoms. The van der Waals surface area contributed by atoms with Crippen molar-refractivity contribution >= 4 is 69.6 Å². The normalized spacial score (nSPS) is 18.8. The number of aromatic nitrogens is 1. The van der Waals surface area contributed by atoms with Crippen LogP contribution in [0.2, 0.25) is 0 Å². The number of oxime groups is 1. The summed E-state index contributed by atoms with van der Waals surface area (Å²) in [6.07, 6.45) is 2.25. The first-order valence-corrected chi connectivity index (χ1v) is 19.5. The maximum Gasteiger partial charge on any atom is 0.338 e. The van der Waals surface area contributed by atoms with Gasteiger partial charge in [-0.2, -0.15) is 0 Å². The number of ether oxygens (including phenoxy) is 4. The summed E-state index contributed by atoms with van der Waals surface area (Å²) < 4.78 is 22.0. The Morgan fingerprint density at radius 3 is 2.24 bits per heavy atom. The lowest BCUT2D eigenvalue weighted by Gasteiger charge is -2.53. The van der Waals surface area contributed by atoms with Gasteiger partial charge in [0, 0.05) is 31.5 Å². The van der Waals surface area contributed by atoms with E-state index in [2.05, 4.69) is 15.5 Å². The number of benzene rings is 3. The third kappa shape index (κ3) is 9.35. The molecule has 3 aromatic carbocycles. The molecule has 2 aliphatic heterocycles. The molecular formula is C40H37N5O11S2. The van der Waals surface area contributed by atoms with Crippen molar-refractivity contribution in [3.8, 4) is 11.5 Å². The number of hydrogen-bond donors (Lipinski definition) is 2. The van der Waals surface area contributed by atoms with E-state index in [0.717, 1.165) is 29.4 Å². The molecule has 6 rings (SSSR count). The molecule has 2 fully saturated rings. The molecular weight excluding hydrogens is 791 g/mol. The van der Waals surface area contributed by atoms with Crippen molar-refractivity contribution in [3.05, 3.63) is 119 Å². The number of hydrogen-bond acceptors (Lipinski definition) is 16.